The summed E-state index contributed by atoms with van der Waals surface area (Å²) in [6, 6.07) is 22.4. The SMILES string of the molecule is CN1CCN(CCCN(Cc2ccc(-c3ccc(Cl)cc3)cc2)C(C=O)n2cc(Cc3cnn(C)c3)c(=O)nc2SCc2ccc(F)cc2)CC1.Cl. The molecule has 1 unspecified atom stereocenters. The Bertz CT molecular complexity index is 1950. The van der Waals surface area contributed by atoms with E-state index in [0.717, 1.165) is 73.2 Å². The maximum atomic E-state index is 13.6. The number of aldehydes is 1. The summed E-state index contributed by atoms with van der Waals surface area (Å²) < 4.78 is 17.2. The van der Waals surface area contributed by atoms with Crippen LogP contribution in [0.25, 0.3) is 11.1 Å². The molecule has 3 aromatic carbocycles. The van der Waals surface area contributed by atoms with Crippen LogP contribution in [0.5, 0.6) is 0 Å². The van der Waals surface area contributed by atoms with E-state index in [2.05, 4.69) is 56.1 Å². The van der Waals surface area contributed by atoms with Crippen molar-refractivity contribution in [1.82, 2.24) is 34.0 Å². The molecule has 0 saturated carbocycles. The molecule has 1 saturated heterocycles. The van der Waals surface area contributed by atoms with E-state index in [9.17, 15) is 14.0 Å². The number of rotatable bonds is 15. The van der Waals surface area contributed by atoms with Gasteiger partial charge in [-0.15, -0.1) is 12.4 Å². The molecule has 0 N–H and O–H groups in total. The molecule has 0 spiro atoms. The summed E-state index contributed by atoms with van der Waals surface area (Å²) in [7, 11) is 3.98. The normalized spacial score (nSPS) is 14.3. The Morgan fingerprint density at radius 3 is 2.19 bits per heavy atom. The molecule has 0 amide bonds. The number of nitrogens with zero attached hydrogens (tertiary/aromatic N) is 7. The number of thioether (sulfide) groups is 1. The van der Waals surface area contributed by atoms with Crippen molar-refractivity contribution in [3.05, 3.63) is 135 Å². The largest absolute Gasteiger partial charge is 0.304 e. The van der Waals surface area contributed by atoms with Gasteiger partial charge < -0.3 is 14.4 Å². The molecule has 5 aromatic rings. The summed E-state index contributed by atoms with van der Waals surface area (Å²) in [5, 5.41) is 5.39. The predicted octanol–water partition coefficient (Wildman–Crippen LogP) is 6.58. The molecule has 1 aliphatic rings. The summed E-state index contributed by atoms with van der Waals surface area (Å²) >= 11 is 7.48. The fourth-order valence-corrected chi connectivity index (χ4v) is 7.38. The Morgan fingerprint density at radius 2 is 1.56 bits per heavy atom. The van der Waals surface area contributed by atoms with E-state index in [1.807, 2.05) is 42.1 Å². The molecular weight excluding hydrogens is 720 g/mol. The number of halogens is 3. The fourth-order valence-electron chi connectivity index (χ4n) is 6.30. The molecule has 9 nitrogen and oxygen atoms in total. The molecule has 1 aliphatic heterocycles. The average molecular weight is 765 g/mol. The highest BCUT2D eigenvalue weighted by Gasteiger charge is 2.25. The summed E-state index contributed by atoms with van der Waals surface area (Å²) in [4.78, 5) is 38.2. The highest BCUT2D eigenvalue weighted by atomic mass is 35.5. The number of aryl methyl sites for hydroxylation is 1. The number of hydrogen-bond donors (Lipinski definition) is 0. The molecule has 52 heavy (non-hydrogen) atoms. The lowest BCUT2D eigenvalue weighted by molar-refractivity contribution is -0.116. The lowest BCUT2D eigenvalue weighted by Gasteiger charge is -2.34. The summed E-state index contributed by atoms with van der Waals surface area (Å²) in [6.45, 7) is 6.21. The minimum atomic E-state index is -0.732. The number of carbonyl (C=O) groups is 1. The lowest BCUT2D eigenvalue weighted by atomic mass is 10.0. The van der Waals surface area contributed by atoms with E-state index in [1.165, 1.54) is 23.9 Å². The topological polar surface area (TPSA) is 79.5 Å². The van der Waals surface area contributed by atoms with Gasteiger partial charge >= 0.3 is 0 Å². The van der Waals surface area contributed by atoms with Gasteiger partial charge in [0.25, 0.3) is 5.56 Å². The Kier molecular flexibility index (Phi) is 14.2. The first-order valence-corrected chi connectivity index (χ1v) is 18.5. The van der Waals surface area contributed by atoms with Gasteiger partial charge in [-0.1, -0.05) is 71.9 Å². The van der Waals surface area contributed by atoms with Crippen LogP contribution in [-0.2, 0) is 30.6 Å². The maximum Gasteiger partial charge on any atom is 0.277 e. The number of carbonyl (C=O) groups excluding carboxylic acids is 1. The van der Waals surface area contributed by atoms with Gasteiger partial charge in [0.15, 0.2) is 11.4 Å². The Balaban J connectivity index is 0.00000523. The summed E-state index contributed by atoms with van der Waals surface area (Å²) in [6.07, 6.45) is 6.80. The molecule has 3 heterocycles. The van der Waals surface area contributed by atoms with Crippen molar-refractivity contribution in [1.29, 1.82) is 0 Å². The zero-order chi connectivity index (χ0) is 35.7. The van der Waals surface area contributed by atoms with Crippen molar-refractivity contribution >= 4 is 42.1 Å². The first-order chi connectivity index (χ1) is 24.7. The van der Waals surface area contributed by atoms with E-state index in [-0.39, 0.29) is 23.8 Å². The molecular formula is C39H44Cl2FN7O2S. The van der Waals surface area contributed by atoms with Crippen LogP contribution in [0.2, 0.25) is 5.02 Å². The quantitative estimate of drug-likeness (QED) is 0.0673. The second kappa shape index (κ2) is 18.8. The van der Waals surface area contributed by atoms with Crippen LogP contribution in [0, 0.1) is 5.82 Å². The standard InChI is InChI=1S/C39H43ClFN7O2S.ClH/c1-44-18-20-46(21-19-44)16-3-17-47(25-29-4-8-32(9-5-29)33-10-12-35(40)13-11-33)37(27-49)48-26-34(22-31-23-42-45(2)24-31)38(50)43-39(48)51-28-30-6-14-36(41)15-7-30;/h4-15,23-24,26-27,37H,3,16-22,25,28H2,1-2H3;1H. The van der Waals surface area contributed by atoms with Crippen molar-refractivity contribution in [2.24, 2.45) is 7.05 Å². The Labute approximate surface area is 319 Å². The van der Waals surface area contributed by atoms with Crippen LogP contribution < -0.4 is 5.56 Å². The van der Waals surface area contributed by atoms with Crippen molar-refractivity contribution in [3.8, 4) is 11.1 Å². The molecule has 0 bridgehead atoms. The Morgan fingerprint density at radius 1 is 0.904 bits per heavy atom. The zero-order valence-electron chi connectivity index (χ0n) is 29.4. The van der Waals surface area contributed by atoms with E-state index in [1.54, 1.807) is 29.2 Å². The van der Waals surface area contributed by atoms with Gasteiger partial charge in [0.05, 0.1) is 6.20 Å². The van der Waals surface area contributed by atoms with E-state index < -0.39 is 6.17 Å². The van der Waals surface area contributed by atoms with Crippen molar-refractivity contribution in [3.63, 3.8) is 0 Å². The fraction of sp³-hybridized carbons (Fsp3) is 0.333. The van der Waals surface area contributed by atoms with Crippen LogP contribution in [-0.4, -0.2) is 86.6 Å². The number of hydrogen-bond acceptors (Lipinski definition) is 8. The molecule has 0 radical (unpaired) electrons. The third-order valence-corrected chi connectivity index (χ3v) is 10.5. The maximum absolute atomic E-state index is 13.6. The van der Waals surface area contributed by atoms with E-state index >= 15 is 0 Å². The second-order valence-electron chi connectivity index (χ2n) is 13.1. The van der Waals surface area contributed by atoms with E-state index in [4.69, 9.17) is 11.6 Å². The van der Waals surface area contributed by atoms with Crippen LogP contribution in [0.15, 0.2) is 101 Å². The average Bonchev–Trinajstić information content (AvgIpc) is 3.55. The van der Waals surface area contributed by atoms with Crippen molar-refractivity contribution in [2.75, 3.05) is 46.3 Å². The van der Waals surface area contributed by atoms with Gasteiger partial charge in [-0.25, -0.2) is 4.39 Å². The summed E-state index contributed by atoms with van der Waals surface area (Å²) in [5.74, 6) is 0.142. The van der Waals surface area contributed by atoms with Gasteiger partial charge in [-0.3, -0.25) is 19.2 Å². The number of piperazine rings is 1. The molecule has 0 aliphatic carbocycles. The minimum absolute atomic E-state index is 0. The van der Waals surface area contributed by atoms with Crippen molar-refractivity contribution in [2.45, 2.75) is 36.5 Å². The van der Waals surface area contributed by atoms with Crippen LogP contribution in [0.1, 0.15) is 34.8 Å². The minimum Gasteiger partial charge on any atom is -0.304 e. The van der Waals surface area contributed by atoms with E-state index in [0.29, 0.717) is 41.0 Å². The Hall–Kier alpha value is -3.84. The number of likely N-dealkylation sites (N-methyl/N-ethyl adjacent to an activating group) is 1. The molecule has 13 heteroatoms. The van der Waals surface area contributed by atoms with Crippen LogP contribution in [0.4, 0.5) is 4.39 Å². The molecule has 6 rings (SSSR count). The molecule has 2 aromatic heterocycles. The van der Waals surface area contributed by atoms with Crippen LogP contribution >= 0.6 is 35.8 Å². The van der Waals surface area contributed by atoms with Crippen LogP contribution in [0.3, 0.4) is 0 Å². The molecule has 274 valence electrons. The van der Waals surface area contributed by atoms with Gasteiger partial charge in [0, 0.05) is 81.5 Å². The zero-order valence-corrected chi connectivity index (χ0v) is 31.8. The third kappa shape index (κ3) is 10.6. The predicted molar refractivity (Wildman–Crippen MR) is 209 cm³/mol. The van der Waals surface area contributed by atoms with Crippen molar-refractivity contribution < 1.29 is 9.18 Å². The van der Waals surface area contributed by atoms with Gasteiger partial charge in [-0.05, 0) is 72.1 Å². The van der Waals surface area contributed by atoms with Gasteiger partial charge in [-0.2, -0.15) is 10.1 Å². The highest BCUT2D eigenvalue weighted by molar-refractivity contribution is 7.98. The van der Waals surface area contributed by atoms with Gasteiger partial charge in [0.2, 0.25) is 0 Å². The molecule has 1 atom stereocenters. The summed E-state index contributed by atoms with van der Waals surface area (Å²) in [5.41, 5.74) is 5.10. The lowest BCUT2D eigenvalue weighted by Crippen LogP contribution is -2.45. The highest BCUT2D eigenvalue weighted by Crippen LogP contribution is 2.27. The second-order valence-corrected chi connectivity index (χ2v) is 14.5. The van der Waals surface area contributed by atoms with Gasteiger partial charge in [0.1, 0.15) is 12.0 Å². The first kappa shape index (κ1) is 39.4. The first-order valence-electron chi connectivity index (χ1n) is 17.2. The third-order valence-electron chi connectivity index (χ3n) is 9.24. The number of aromatic nitrogens is 4. The smallest absolute Gasteiger partial charge is 0.277 e. The number of benzene rings is 3. The molecule has 1 fully saturated rings. The monoisotopic (exact) mass is 763 g/mol.